The van der Waals surface area contributed by atoms with Gasteiger partial charge in [-0.15, -0.1) is 0 Å². The number of ether oxygens (including phenoxy) is 1. The molecule has 0 spiro atoms. The molecule has 6 nitrogen and oxygen atoms in total. The van der Waals surface area contributed by atoms with Crippen molar-refractivity contribution in [3.8, 4) is 11.5 Å². The molecule has 0 saturated carbocycles. The fourth-order valence-corrected chi connectivity index (χ4v) is 1.66. The van der Waals surface area contributed by atoms with Crippen LogP contribution >= 0.6 is 0 Å². The molecule has 1 aromatic rings. The van der Waals surface area contributed by atoms with Crippen molar-refractivity contribution < 1.29 is 19.4 Å². The molecule has 1 rings (SSSR count). The summed E-state index contributed by atoms with van der Waals surface area (Å²) < 4.78 is 4.97. The normalized spacial score (nSPS) is 10.0. The lowest BCUT2D eigenvalue weighted by atomic mass is 10.1. The molecule has 0 aliphatic rings. The SMILES string of the molecule is CCN(CC(=O)N(C)C)C(=O)c1cccc(OC)c1O. The third kappa shape index (κ3) is 3.40. The van der Waals surface area contributed by atoms with Gasteiger partial charge in [0.05, 0.1) is 19.2 Å². The van der Waals surface area contributed by atoms with Gasteiger partial charge in [-0.1, -0.05) is 6.07 Å². The van der Waals surface area contributed by atoms with Gasteiger partial charge < -0.3 is 19.6 Å². The van der Waals surface area contributed by atoms with Gasteiger partial charge >= 0.3 is 0 Å². The van der Waals surface area contributed by atoms with Crippen molar-refractivity contribution in [2.24, 2.45) is 0 Å². The van der Waals surface area contributed by atoms with Crippen molar-refractivity contribution >= 4 is 11.8 Å². The number of carbonyl (C=O) groups excluding carboxylic acids is 2. The van der Waals surface area contributed by atoms with Crippen LogP contribution in [-0.4, -0.2) is 61.0 Å². The second-order valence-corrected chi connectivity index (χ2v) is 4.46. The molecule has 0 unspecified atom stereocenters. The Morgan fingerprint density at radius 2 is 1.95 bits per heavy atom. The van der Waals surface area contributed by atoms with Gasteiger partial charge in [-0.2, -0.15) is 0 Å². The summed E-state index contributed by atoms with van der Waals surface area (Å²) >= 11 is 0. The van der Waals surface area contributed by atoms with E-state index in [2.05, 4.69) is 0 Å². The fourth-order valence-electron chi connectivity index (χ4n) is 1.66. The number of methoxy groups -OCH3 is 1. The molecule has 0 saturated heterocycles. The van der Waals surface area contributed by atoms with Gasteiger partial charge in [0.25, 0.3) is 5.91 Å². The van der Waals surface area contributed by atoms with E-state index in [-0.39, 0.29) is 29.5 Å². The van der Waals surface area contributed by atoms with Crippen molar-refractivity contribution in [1.82, 2.24) is 9.80 Å². The summed E-state index contributed by atoms with van der Waals surface area (Å²) in [6.07, 6.45) is 0. The van der Waals surface area contributed by atoms with Crippen molar-refractivity contribution in [1.29, 1.82) is 0 Å². The van der Waals surface area contributed by atoms with Gasteiger partial charge in [0.2, 0.25) is 5.91 Å². The molecule has 0 atom stereocenters. The highest BCUT2D eigenvalue weighted by molar-refractivity contribution is 5.99. The van der Waals surface area contributed by atoms with Crippen LogP contribution in [0.25, 0.3) is 0 Å². The first-order valence-corrected chi connectivity index (χ1v) is 6.27. The fraction of sp³-hybridized carbons (Fsp3) is 0.429. The molecule has 0 aromatic heterocycles. The summed E-state index contributed by atoms with van der Waals surface area (Å²) in [5.74, 6) is -0.566. The van der Waals surface area contributed by atoms with Crippen molar-refractivity contribution in [2.45, 2.75) is 6.92 Å². The zero-order valence-electron chi connectivity index (χ0n) is 12.2. The lowest BCUT2D eigenvalue weighted by molar-refractivity contribution is -0.129. The Morgan fingerprint density at radius 1 is 1.30 bits per heavy atom. The van der Waals surface area contributed by atoms with Crippen LogP contribution in [0.4, 0.5) is 0 Å². The van der Waals surface area contributed by atoms with Crippen LogP contribution in [-0.2, 0) is 4.79 Å². The summed E-state index contributed by atoms with van der Waals surface area (Å²) in [6.45, 7) is 2.12. The third-order valence-corrected chi connectivity index (χ3v) is 2.94. The second kappa shape index (κ2) is 6.79. The lowest BCUT2D eigenvalue weighted by Crippen LogP contribution is -2.40. The molecule has 110 valence electrons. The molecule has 20 heavy (non-hydrogen) atoms. The highest BCUT2D eigenvalue weighted by Gasteiger charge is 2.22. The molecule has 2 amide bonds. The highest BCUT2D eigenvalue weighted by atomic mass is 16.5. The Balaban J connectivity index is 3.00. The predicted molar refractivity (Wildman–Crippen MR) is 74.9 cm³/mol. The first-order valence-electron chi connectivity index (χ1n) is 6.27. The number of phenolic OH excluding ortho intramolecular Hbond substituents is 1. The molecule has 0 heterocycles. The Kier molecular flexibility index (Phi) is 5.37. The number of carbonyl (C=O) groups is 2. The molecular weight excluding hydrogens is 260 g/mol. The van der Waals surface area contributed by atoms with E-state index >= 15 is 0 Å². The smallest absolute Gasteiger partial charge is 0.258 e. The lowest BCUT2D eigenvalue weighted by Gasteiger charge is -2.23. The Morgan fingerprint density at radius 3 is 2.45 bits per heavy atom. The number of hydrogen-bond donors (Lipinski definition) is 1. The number of rotatable bonds is 5. The van der Waals surface area contributed by atoms with E-state index in [1.807, 2.05) is 0 Å². The van der Waals surface area contributed by atoms with Crippen molar-refractivity contribution in [2.75, 3.05) is 34.3 Å². The van der Waals surface area contributed by atoms with E-state index < -0.39 is 5.91 Å². The molecule has 0 radical (unpaired) electrons. The molecule has 0 bridgehead atoms. The average Bonchev–Trinajstić information content (AvgIpc) is 2.43. The molecular formula is C14H20N2O4. The number of benzene rings is 1. The minimum Gasteiger partial charge on any atom is -0.504 e. The number of hydrogen-bond acceptors (Lipinski definition) is 4. The second-order valence-electron chi connectivity index (χ2n) is 4.46. The predicted octanol–water partition coefficient (Wildman–Crippen LogP) is 0.951. The monoisotopic (exact) mass is 280 g/mol. The van der Waals surface area contributed by atoms with Crippen LogP contribution in [0.15, 0.2) is 18.2 Å². The van der Waals surface area contributed by atoms with Crippen LogP contribution in [0.2, 0.25) is 0 Å². The van der Waals surface area contributed by atoms with E-state index in [0.717, 1.165) is 0 Å². The minimum atomic E-state index is -0.404. The molecule has 0 fully saturated rings. The Labute approximate surface area is 118 Å². The number of likely N-dealkylation sites (N-methyl/N-ethyl adjacent to an activating group) is 2. The van der Waals surface area contributed by atoms with Crippen LogP contribution in [0.5, 0.6) is 11.5 Å². The summed E-state index contributed by atoms with van der Waals surface area (Å²) in [7, 11) is 4.67. The largest absolute Gasteiger partial charge is 0.504 e. The molecule has 1 aromatic carbocycles. The number of para-hydroxylation sites is 1. The first kappa shape index (κ1) is 15.8. The number of amides is 2. The molecule has 1 N–H and O–H groups in total. The number of aromatic hydroxyl groups is 1. The van der Waals surface area contributed by atoms with E-state index in [0.29, 0.717) is 6.54 Å². The standard InChI is InChI=1S/C14H20N2O4/c1-5-16(9-12(17)15(2)3)14(19)10-7-6-8-11(20-4)13(10)18/h6-8,18H,5,9H2,1-4H3. The Hall–Kier alpha value is -2.24. The number of nitrogens with zero attached hydrogens (tertiary/aromatic N) is 2. The summed E-state index contributed by atoms with van der Waals surface area (Å²) in [5, 5.41) is 9.98. The van der Waals surface area contributed by atoms with Crippen LogP contribution in [0, 0.1) is 0 Å². The first-order chi connectivity index (χ1) is 9.42. The Bertz CT molecular complexity index is 500. The summed E-state index contributed by atoms with van der Waals surface area (Å²) in [6, 6.07) is 4.68. The van der Waals surface area contributed by atoms with Gasteiger partial charge in [0.1, 0.15) is 0 Å². The zero-order valence-corrected chi connectivity index (χ0v) is 12.2. The average molecular weight is 280 g/mol. The van der Waals surface area contributed by atoms with Crippen molar-refractivity contribution in [3.05, 3.63) is 23.8 Å². The van der Waals surface area contributed by atoms with E-state index in [1.54, 1.807) is 33.2 Å². The molecule has 0 aliphatic carbocycles. The van der Waals surface area contributed by atoms with Crippen molar-refractivity contribution in [3.63, 3.8) is 0 Å². The van der Waals surface area contributed by atoms with Gasteiger partial charge in [-0.05, 0) is 19.1 Å². The van der Waals surface area contributed by atoms with Crippen LogP contribution in [0.3, 0.4) is 0 Å². The quantitative estimate of drug-likeness (QED) is 0.872. The van der Waals surface area contributed by atoms with E-state index in [4.69, 9.17) is 4.74 Å². The molecule has 6 heteroatoms. The molecule has 0 aliphatic heterocycles. The van der Waals surface area contributed by atoms with Gasteiger partial charge in [-0.3, -0.25) is 9.59 Å². The zero-order chi connectivity index (χ0) is 15.3. The third-order valence-electron chi connectivity index (χ3n) is 2.94. The topological polar surface area (TPSA) is 70.1 Å². The van der Waals surface area contributed by atoms with Crippen LogP contribution in [0.1, 0.15) is 17.3 Å². The van der Waals surface area contributed by atoms with E-state index in [9.17, 15) is 14.7 Å². The summed E-state index contributed by atoms with van der Waals surface area (Å²) in [4.78, 5) is 26.9. The minimum absolute atomic E-state index is 0.0288. The maximum atomic E-state index is 12.4. The van der Waals surface area contributed by atoms with Gasteiger partial charge in [0.15, 0.2) is 11.5 Å². The van der Waals surface area contributed by atoms with E-state index in [1.165, 1.54) is 23.0 Å². The maximum Gasteiger partial charge on any atom is 0.258 e. The van der Waals surface area contributed by atoms with Gasteiger partial charge in [-0.25, -0.2) is 0 Å². The maximum absolute atomic E-state index is 12.4. The summed E-state index contributed by atoms with van der Waals surface area (Å²) in [5.41, 5.74) is 0.123. The van der Waals surface area contributed by atoms with Crippen LogP contribution < -0.4 is 4.74 Å². The van der Waals surface area contributed by atoms with Gasteiger partial charge in [0, 0.05) is 20.6 Å². The number of phenols is 1. The highest BCUT2D eigenvalue weighted by Crippen LogP contribution is 2.30.